The van der Waals surface area contributed by atoms with Crippen LogP contribution in [0.15, 0.2) is 54.6 Å². The van der Waals surface area contributed by atoms with E-state index in [1.54, 1.807) is 30.3 Å². The summed E-state index contributed by atoms with van der Waals surface area (Å²) in [6, 6.07) is 15.0. The first-order valence-corrected chi connectivity index (χ1v) is 15.1. The smallest absolute Gasteiger partial charge is 0.303 e. The highest BCUT2D eigenvalue weighted by atomic mass is 35.5. The van der Waals surface area contributed by atoms with E-state index in [9.17, 15) is 28.0 Å². The summed E-state index contributed by atoms with van der Waals surface area (Å²) in [5.41, 5.74) is 1.77. The Hall–Kier alpha value is -3.87. The van der Waals surface area contributed by atoms with E-state index < -0.39 is 60.8 Å². The van der Waals surface area contributed by atoms with Crippen molar-refractivity contribution in [3.05, 3.63) is 81.2 Å². The average molecular weight is 665 g/mol. The van der Waals surface area contributed by atoms with Crippen molar-refractivity contribution in [2.24, 2.45) is 0 Å². The Kier molecular flexibility index (Phi) is 11.3. The quantitative estimate of drug-likeness (QED) is 0.180. The van der Waals surface area contributed by atoms with Crippen LogP contribution in [0, 0.1) is 0 Å². The van der Waals surface area contributed by atoms with Crippen LogP contribution in [0.25, 0.3) is 10.4 Å². The van der Waals surface area contributed by atoms with Crippen LogP contribution in [-0.4, -0.2) is 54.9 Å². The Labute approximate surface area is 267 Å². The molecule has 0 spiro atoms. The molecule has 240 valence electrons. The van der Waals surface area contributed by atoms with Gasteiger partial charge in [-0.3, -0.25) is 19.2 Å². The van der Waals surface area contributed by atoms with E-state index in [1.165, 1.54) is 37.3 Å². The maximum atomic E-state index is 13.2. The molecule has 0 unspecified atom stereocenters. The number of hydrogen-bond donors (Lipinski definition) is 0. The third kappa shape index (κ3) is 8.86. The molecule has 2 aromatic carbocycles. The van der Waals surface area contributed by atoms with Gasteiger partial charge in [0.15, 0.2) is 18.3 Å². The second-order valence-electron chi connectivity index (χ2n) is 10.3. The van der Waals surface area contributed by atoms with Crippen molar-refractivity contribution in [1.29, 1.82) is 0 Å². The number of thiophene rings is 1. The van der Waals surface area contributed by atoms with Crippen molar-refractivity contribution in [3.8, 4) is 10.4 Å². The van der Waals surface area contributed by atoms with Crippen LogP contribution in [0.4, 0.5) is 8.78 Å². The highest BCUT2D eigenvalue weighted by Gasteiger charge is 2.52. The summed E-state index contributed by atoms with van der Waals surface area (Å²) in [4.78, 5) is 49.8. The van der Waals surface area contributed by atoms with Gasteiger partial charge in [0.25, 0.3) is 6.43 Å². The van der Waals surface area contributed by atoms with Gasteiger partial charge in [-0.1, -0.05) is 41.9 Å². The Morgan fingerprint density at radius 2 is 1.51 bits per heavy atom. The fraction of sp³-hybridized carbons (Fsp3) is 0.375. The summed E-state index contributed by atoms with van der Waals surface area (Å²) >= 11 is 8.01. The molecule has 0 bridgehead atoms. The number of esters is 4. The SMILES string of the molecule is CC(=O)OC[C@H]1O[C@@H](c2ccc(Cl)c(Cc3ccc(-c4cccc(C(F)F)c4)s3)c2)[C@H](OC(C)=O)[C@@H](OC(C)=O)[C@@H]1OC(C)=O. The lowest BCUT2D eigenvalue weighted by atomic mass is 9.89. The third-order valence-electron chi connectivity index (χ3n) is 6.84. The van der Waals surface area contributed by atoms with E-state index in [4.69, 9.17) is 35.3 Å². The molecule has 1 aromatic heterocycles. The second-order valence-corrected chi connectivity index (χ2v) is 11.9. The average Bonchev–Trinajstić information content (AvgIpc) is 3.43. The molecule has 0 radical (unpaired) electrons. The normalized spacial score (nSPS) is 21.2. The molecule has 3 aromatic rings. The zero-order chi connectivity index (χ0) is 32.8. The lowest BCUT2D eigenvalue weighted by molar-refractivity contribution is -0.254. The maximum absolute atomic E-state index is 13.2. The van der Waals surface area contributed by atoms with Crippen LogP contribution in [0.3, 0.4) is 0 Å². The van der Waals surface area contributed by atoms with Gasteiger partial charge < -0.3 is 23.7 Å². The molecular weight excluding hydrogens is 634 g/mol. The minimum Gasteiger partial charge on any atom is -0.463 e. The summed E-state index contributed by atoms with van der Waals surface area (Å²) in [6.45, 7) is 4.33. The van der Waals surface area contributed by atoms with Crippen LogP contribution in [0.1, 0.15) is 61.8 Å². The number of benzene rings is 2. The summed E-state index contributed by atoms with van der Waals surface area (Å²) < 4.78 is 54.5. The number of carbonyl (C=O) groups is 4. The molecule has 1 fully saturated rings. The van der Waals surface area contributed by atoms with Gasteiger partial charge in [0.05, 0.1) is 0 Å². The highest BCUT2D eigenvalue weighted by molar-refractivity contribution is 7.15. The van der Waals surface area contributed by atoms with E-state index in [1.807, 2.05) is 12.1 Å². The van der Waals surface area contributed by atoms with Crippen LogP contribution in [-0.2, 0) is 49.3 Å². The molecule has 0 aliphatic carbocycles. The molecule has 0 saturated carbocycles. The largest absolute Gasteiger partial charge is 0.463 e. The molecule has 0 N–H and O–H groups in total. The van der Waals surface area contributed by atoms with Crippen molar-refractivity contribution in [1.82, 2.24) is 0 Å². The summed E-state index contributed by atoms with van der Waals surface area (Å²) in [5.74, 6) is -2.78. The highest BCUT2D eigenvalue weighted by Crippen LogP contribution is 2.39. The molecule has 2 heterocycles. The zero-order valence-electron chi connectivity index (χ0n) is 24.8. The van der Waals surface area contributed by atoms with Gasteiger partial charge in [0, 0.05) is 54.5 Å². The lowest BCUT2D eigenvalue weighted by Crippen LogP contribution is -2.59. The first-order chi connectivity index (χ1) is 21.3. The molecule has 13 heteroatoms. The molecular formula is C32H31ClF2O9S. The van der Waals surface area contributed by atoms with E-state index in [0.29, 0.717) is 28.1 Å². The molecule has 1 aliphatic rings. The van der Waals surface area contributed by atoms with Crippen LogP contribution in [0.2, 0.25) is 5.02 Å². The van der Waals surface area contributed by atoms with Crippen molar-refractivity contribution < 1.29 is 51.6 Å². The van der Waals surface area contributed by atoms with Crippen LogP contribution >= 0.6 is 22.9 Å². The van der Waals surface area contributed by atoms with Crippen LogP contribution < -0.4 is 0 Å². The van der Waals surface area contributed by atoms with Gasteiger partial charge in [-0.25, -0.2) is 8.78 Å². The Morgan fingerprint density at radius 1 is 0.844 bits per heavy atom. The van der Waals surface area contributed by atoms with Gasteiger partial charge in [0.1, 0.15) is 18.8 Å². The van der Waals surface area contributed by atoms with Crippen LogP contribution in [0.5, 0.6) is 0 Å². The predicted molar refractivity (Wildman–Crippen MR) is 160 cm³/mol. The zero-order valence-corrected chi connectivity index (χ0v) is 26.4. The number of halogens is 3. The first kappa shape index (κ1) is 34.0. The molecule has 1 aliphatic heterocycles. The Balaban J connectivity index is 1.70. The number of carbonyl (C=O) groups excluding carboxylic acids is 4. The van der Waals surface area contributed by atoms with Crippen molar-refractivity contribution >= 4 is 46.8 Å². The van der Waals surface area contributed by atoms with E-state index in [2.05, 4.69) is 0 Å². The third-order valence-corrected chi connectivity index (χ3v) is 8.34. The standard InChI is InChI=1S/C32H31ClF2O9S/c1-16(36)40-15-26-29(41-17(2)37)31(43-19(4)39)30(42-18(3)38)28(44-26)21-8-10-25(33)23(13-21)14-24-9-11-27(45-24)20-6-5-7-22(12-20)32(34)35/h5-13,26,28-32H,14-15H2,1-4H3/t26-,28+,29-,30+,31+/m1/s1. The maximum Gasteiger partial charge on any atom is 0.303 e. The first-order valence-electron chi connectivity index (χ1n) is 13.9. The number of alkyl halides is 2. The summed E-state index contributed by atoms with van der Waals surface area (Å²) in [5, 5.41) is 0.430. The number of rotatable bonds is 10. The fourth-order valence-electron chi connectivity index (χ4n) is 5.05. The van der Waals surface area contributed by atoms with E-state index in [-0.39, 0.29) is 12.2 Å². The molecule has 9 nitrogen and oxygen atoms in total. The van der Waals surface area contributed by atoms with Gasteiger partial charge in [-0.2, -0.15) is 0 Å². The van der Waals surface area contributed by atoms with E-state index >= 15 is 0 Å². The van der Waals surface area contributed by atoms with Gasteiger partial charge in [-0.15, -0.1) is 11.3 Å². The van der Waals surface area contributed by atoms with Gasteiger partial charge in [-0.05, 0) is 41.0 Å². The van der Waals surface area contributed by atoms with Crippen molar-refractivity contribution in [2.75, 3.05) is 6.61 Å². The predicted octanol–water partition coefficient (Wildman–Crippen LogP) is 6.40. The molecule has 1 saturated heterocycles. The monoisotopic (exact) mass is 664 g/mol. The van der Waals surface area contributed by atoms with E-state index in [0.717, 1.165) is 23.6 Å². The number of hydrogen-bond acceptors (Lipinski definition) is 10. The van der Waals surface area contributed by atoms with Crippen molar-refractivity contribution in [2.45, 2.75) is 71.1 Å². The minimum atomic E-state index is -2.58. The Morgan fingerprint density at radius 3 is 2.16 bits per heavy atom. The topological polar surface area (TPSA) is 114 Å². The fourth-order valence-corrected chi connectivity index (χ4v) is 6.26. The molecule has 4 rings (SSSR count). The number of ether oxygens (including phenoxy) is 5. The van der Waals surface area contributed by atoms with Crippen molar-refractivity contribution in [3.63, 3.8) is 0 Å². The summed E-state index contributed by atoms with van der Waals surface area (Å²) in [7, 11) is 0. The second kappa shape index (κ2) is 14.9. The van der Waals surface area contributed by atoms with Gasteiger partial charge in [0.2, 0.25) is 0 Å². The summed E-state index contributed by atoms with van der Waals surface area (Å²) in [6.07, 6.45) is -8.20. The molecule has 5 atom stereocenters. The lowest BCUT2D eigenvalue weighted by Gasteiger charge is -2.44. The molecule has 0 amide bonds. The minimum absolute atomic E-state index is 0.0667. The Bertz CT molecular complexity index is 1560. The van der Waals surface area contributed by atoms with Gasteiger partial charge >= 0.3 is 23.9 Å². The molecule has 45 heavy (non-hydrogen) atoms.